The molecule has 0 aliphatic carbocycles. The van der Waals surface area contributed by atoms with Crippen LogP contribution in [0.15, 0.2) is 0 Å². The molecule has 0 radical (unpaired) electrons. The highest BCUT2D eigenvalue weighted by Gasteiger charge is 2.50. The fourth-order valence-corrected chi connectivity index (χ4v) is 1.55. The quantitative estimate of drug-likeness (QED) is 0.681. The molecule has 0 saturated carbocycles. The molecule has 0 fully saturated rings. The molecule has 0 N–H and O–H groups in total. The van der Waals surface area contributed by atoms with Crippen LogP contribution in [0.1, 0.15) is 62.3 Å². The number of hydrogen-bond acceptors (Lipinski definition) is 2. The summed E-state index contributed by atoms with van der Waals surface area (Å²) < 4.78 is 5.36. The predicted molar refractivity (Wildman–Crippen MR) is 68.2 cm³/mol. The highest BCUT2D eigenvalue weighted by atomic mass is 16.5. The molecule has 0 heterocycles. The van der Waals surface area contributed by atoms with Crippen molar-refractivity contribution >= 4 is 5.97 Å². The molecular formula is C14H28O2. The maximum atomic E-state index is 12.1. The predicted octanol–water partition coefficient (Wildman–Crippen LogP) is 4.04. The van der Waals surface area contributed by atoms with Gasteiger partial charge in [0.25, 0.3) is 0 Å². The topological polar surface area (TPSA) is 26.3 Å². The van der Waals surface area contributed by atoms with Crippen molar-refractivity contribution in [2.24, 2.45) is 16.2 Å². The van der Waals surface area contributed by atoms with Crippen LogP contribution in [0.2, 0.25) is 0 Å². The highest BCUT2D eigenvalue weighted by molar-refractivity contribution is 5.77. The van der Waals surface area contributed by atoms with E-state index in [1.807, 2.05) is 27.7 Å². The van der Waals surface area contributed by atoms with E-state index in [9.17, 15) is 4.79 Å². The lowest BCUT2D eigenvalue weighted by atomic mass is 9.55. The van der Waals surface area contributed by atoms with Crippen molar-refractivity contribution in [3.05, 3.63) is 0 Å². The van der Waals surface area contributed by atoms with Crippen LogP contribution in [0.25, 0.3) is 0 Å². The molecule has 0 aromatic rings. The molecule has 0 bridgehead atoms. The van der Waals surface area contributed by atoms with Crippen molar-refractivity contribution in [2.45, 2.75) is 68.4 Å². The summed E-state index contributed by atoms with van der Waals surface area (Å²) in [4.78, 5) is 12.1. The van der Waals surface area contributed by atoms with E-state index >= 15 is 0 Å². The van der Waals surface area contributed by atoms with Crippen molar-refractivity contribution in [3.63, 3.8) is 0 Å². The van der Waals surface area contributed by atoms with E-state index in [0.29, 0.717) is 0 Å². The summed E-state index contributed by atoms with van der Waals surface area (Å²) in [5.41, 5.74) is -0.575. The lowest BCUT2D eigenvalue weighted by Crippen LogP contribution is -2.48. The number of ether oxygens (including phenoxy) is 1. The molecule has 0 unspecified atom stereocenters. The molecule has 0 aliphatic heterocycles. The third-order valence-electron chi connectivity index (χ3n) is 4.29. The first-order valence-electron chi connectivity index (χ1n) is 6.05. The third kappa shape index (κ3) is 2.78. The molecule has 96 valence electrons. The normalized spacial score (nSPS) is 14.1. The van der Waals surface area contributed by atoms with Gasteiger partial charge >= 0.3 is 5.97 Å². The van der Waals surface area contributed by atoms with Crippen LogP contribution < -0.4 is 0 Å². The fraction of sp³-hybridized carbons (Fsp3) is 0.929. The van der Waals surface area contributed by atoms with E-state index in [2.05, 4.69) is 34.6 Å². The Hall–Kier alpha value is -0.530. The Balaban J connectivity index is 5.12. The van der Waals surface area contributed by atoms with Crippen molar-refractivity contribution in [3.8, 4) is 0 Å². The van der Waals surface area contributed by atoms with Gasteiger partial charge in [0.15, 0.2) is 0 Å². The fourth-order valence-electron chi connectivity index (χ4n) is 1.55. The van der Waals surface area contributed by atoms with Crippen LogP contribution in [0.4, 0.5) is 0 Å². The molecule has 2 nitrogen and oxygen atoms in total. The number of carbonyl (C=O) groups is 1. The Bertz CT molecular complexity index is 254. The van der Waals surface area contributed by atoms with Crippen molar-refractivity contribution < 1.29 is 9.53 Å². The van der Waals surface area contributed by atoms with Gasteiger partial charge in [-0.25, -0.2) is 0 Å². The summed E-state index contributed by atoms with van der Waals surface area (Å²) >= 11 is 0. The number of carbonyl (C=O) groups excluding carboxylic acids is 1. The maximum absolute atomic E-state index is 12.1. The van der Waals surface area contributed by atoms with Crippen molar-refractivity contribution in [2.75, 3.05) is 0 Å². The lowest BCUT2D eigenvalue weighted by molar-refractivity contribution is -0.170. The minimum absolute atomic E-state index is 0.0481. The van der Waals surface area contributed by atoms with E-state index in [-0.39, 0.29) is 22.9 Å². The van der Waals surface area contributed by atoms with Crippen LogP contribution in [0.5, 0.6) is 0 Å². The summed E-state index contributed by atoms with van der Waals surface area (Å²) in [7, 11) is 0. The second-order valence-corrected chi connectivity index (χ2v) is 6.95. The van der Waals surface area contributed by atoms with Crippen LogP contribution in [-0.4, -0.2) is 12.1 Å². The Morgan fingerprint density at radius 1 is 0.938 bits per heavy atom. The van der Waals surface area contributed by atoms with Gasteiger partial charge in [0, 0.05) is 0 Å². The summed E-state index contributed by atoms with van der Waals surface area (Å²) in [5.74, 6) is -0.109. The second kappa shape index (κ2) is 4.38. The first-order chi connectivity index (χ1) is 6.84. The molecule has 0 aromatic carbocycles. The number of hydrogen-bond donors (Lipinski definition) is 0. The van der Waals surface area contributed by atoms with Crippen LogP contribution in [0.3, 0.4) is 0 Å². The Morgan fingerprint density at radius 2 is 1.31 bits per heavy atom. The van der Waals surface area contributed by atoms with Gasteiger partial charge in [0.05, 0.1) is 11.5 Å². The van der Waals surface area contributed by atoms with E-state index in [1.54, 1.807) is 0 Å². The van der Waals surface area contributed by atoms with E-state index in [4.69, 9.17) is 4.74 Å². The molecule has 0 rings (SSSR count). The van der Waals surface area contributed by atoms with Crippen LogP contribution >= 0.6 is 0 Å². The number of esters is 1. The molecule has 0 saturated heterocycles. The summed E-state index contributed by atoms with van der Waals surface area (Å²) in [5, 5.41) is 0. The van der Waals surface area contributed by atoms with Gasteiger partial charge in [0.2, 0.25) is 0 Å². The van der Waals surface area contributed by atoms with Gasteiger partial charge in [-0.15, -0.1) is 0 Å². The Labute approximate surface area is 101 Å². The summed E-state index contributed by atoms with van der Waals surface area (Å²) in [6.07, 6.45) is -0.0532. The minimum Gasteiger partial charge on any atom is -0.463 e. The van der Waals surface area contributed by atoms with Gasteiger partial charge in [0.1, 0.15) is 0 Å². The zero-order valence-corrected chi connectivity index (χ0v) is 12.4. The van der Waals surface area contributed by atoms with E-state index < -0.39 is 5.41 Å². The van der Waals surface area contributed by atoms with Gasteiger partial charge in [-0.1, -0.05) is 34.6 Å². The van der Waals surface area contributed by atoms with E-state index in [0.717, 1.165) is 0 Å². The van der Waals surface area contributed by atoms with Gasteiger partial charge in [-0.05, 0) is 38.5 Å². The first kappa shape index (κ1) is 15.5. The smallest absolute Gasteiger partial charge is 0.312 e. The monoisotopic (exact) mass is 228 g/mol. The zero-order valence-electron chi connectivity index (χ0n) is 12.4. The average Bonchev–Trinajstić information content (AvgIpc) is 2.00. The molecule has 0 spiro atoms. The standard InChI is InChI=1S/C14H28O2/c1-10(2)16-11(15)13(6,7)14(8,9)12(3,4)5/h10H,1-9H3. The van der Waals surface area contributed by atoms with Gasteiger partial charge < -0.3 is 4.74 Å². The van der Waals surface area contributed by atoms with Crippen molar-refractivity contribution in [1.82, 2.24) is 0 Å². The third-order valence-corrected chi connectivity index (χ3v) is 4.29. The van der Waals surface area contributed by atoms with Crippen LogP contribution in [0, 0.1) is 16.2 Å². The Kier molecular flexibility index (Phi) is 4.24. The highest BCUT2D eigenvalue weighted by Crippen LogP contribution is 2.51. The molecule has 0 atom stereocenters. The number of rotatable bonds is 3. The van der Waals surface area contributed by atoms with Gasteiger partial charge in [-0.2, -0.15) is 0 Å². The zero-order chi connectivity index (χ0) is 13.4. The lowest BCUT2D eigenvalue weighted by Gasteiger charge is -2.49. The Morgan fingerprint density at radius 3 is 1.56 bits per heavy atom. The molecule has 0 aromatic heterocycles. The van der Waals surface area contributed by atoms with Crippen molar-refractivity contribution in [1.29, 1.82) is 0 Å². The maximum Gasteiger partial charge on any atom is 0.312 e. The first-order valence-corrected chi connectivity index (χ1v) is 6.05. The average molecular weight is 228 g/mol. The molecular weight excluding hydrogens is 200 g/mol. The molecule has 0 amide bonds. The molecule has 2 heteroatoms. The SMILES string of the molecule is CC(C)OC(=O)C(C)(C)C(C)(C)C(C)(C)C. The minimum atomic E-state index is -0.491. The van der Waals surface area contributed by atoms with Gasteiger partial charge in [-0.3, -0.25) is 4.79 Å². The summed E-state index contributed by atoms with van der Waals surface area (Å²) in [6.45, 7) is 18.5. The molecule has 16 heavy (non-hydrogen) atoms. The largest absolute Gasteiger partial charge is 0.463 e. The van der Waals surface area contributed by atoms with E-state index in [1.165, 1.54) is 0 Å². The summed E-state index contributed by atoms with van der Waals surface area (Å²) in [6, 6.07) is 0. The molecule has 0 aliphatic rings. The van der Waals surface area contributed by atoms with Crippen LogP contribution in [-0.2, 0) is 9.53 Å². The second-order valence-electron chi connectivity index (χ2n) is 6.95.